The summed E-state index contributed by atoms with van der Waals surface area (Å²) in [6, 6.07) is 0.0434. The van der Waals surface area contributed by atoms with Crippen LogP contribution in [0.2, 0.25) is 0 Å². The molecule has 15 heavy (non-hydrogen) atoms. The largest absolute Gasteiger partial charge is 0.321 e. The van der Waals surface area contributed by atoms with Gasteiger partial charge in [0.15, 0.2) is 0 Å². The van der Waals surface area contributed by atoms with Crippen molar-refractivity contribution < 1.29 is 0 Å². The van der Waals surface area contributed by atoms with Crippen LogP contribution in [-0.2, 0) is 0 Å². The number of aromatic amines is 1. The van der Waals surface area contributed by atoms with Gasteiger partial charge in [0.05, 0.1) is 6.04 Å². The first-order valence-electron chi connectivity index (χ1n) is 5.92. The molecule has 0 radical (unpaired) electrons. The lowest BCUT2D eigenvalue weighted by atomic mass is 9.77. The normalized spacial score (nSPS) is 28.9. The highest BCUT2D eigenvalue weighted by molar-refractivity contribution is 4.94. The molecule has 4 heteroatoms. The Kier molecular flexibility index (Phi) is 3.36. The second-order valence-electron chi connectivity index (χ2n) is 4.60. The van der Waals surface area contributed by atoms with Gasteiger partial charge in [-0.2, -0.15) is 5.10 Å². The molecule has 0 spiro atoms. The van der Waals surface area contributed by atoms with Gasteiger partial charge < -0.3 is 5.73 Å². The zero-order chi connectivity index (χ0) is 10.7. The Hall–Kier alpha value is -0.900. The van der Waals surface area contributed by atoms with Crippen molar-refractivity contribution in [2.45, 2.75) is 45.1 Å². The number of aromatic nitrogens is 3. The molecule has 1 fully saturated rings. The number of hydrogen-bond donors (Lipinski definition) is 2. The van der Waals surface area contributed by atoms with Crippen molar-refractivity contribution in [3.63, 3.8) is 0 Å². The molecule has 1 aliphatic carbocycles. The van der Waals surface area contributed by atoms with Gasteiger partial charge in [0.25, 0.3) is 0 Å². The van der Waals surface area contributed by atoms with E-state index in [1.54, 1.807) is 0 Å². The molecular weight excluding hydrogens is 188 g/mol. The Morgan fingerprint density at radius 3 is 3.13 bits per heavy atom. The van der Waals surface area contributed by atoms with E-state index in [2.05, 4.69) is 22.1 Å². The van der Waals surface area contributed by atoms with Crippen LogP contribution in [-0.4, -0.2) is 15.2 Å². The van der Waals surface area contributed by atoms with E-state index in [1.807, 2.05) is 0 Å². The average Bonchev–Trinajstić information content (AvgIpc) is 2.81. The van der Waals surface area contributed by atoms with Crippen LogP contribution in [0.25, 0.3) is 0 Å². The molecule has 1 heterocycles. The van der Waals surface area contributed by atoms with Gasteiger partial charge >= 0.3 is 0 Å². The van der Waals surface area contributed by atoms with E-state index in [0.29, 0.717) is 5.92 Å². The summed E-state index contributed by atoms with van der Waals surface area (Å²) in [7, 11) is 0. The van der Waals surface area contributed by atoms with Gasteiger partial charge in [-0.1, -0.05) is 26.2 Å². The van der Waals surface area contributed by atoms with Crippen LogP contribution in [0.4, 0.5) is 0 Å². The lowest BCUT2D eigenvalue weighted by molar-refractivity contribution is 0.226. The maximum atomic E-state index is 6.20. The fourth-order valence-electron chi connectivity index (χ4n) is 2.63. The third-order valence-electron chi connectivity index (χ3n) is 3.66. The van der Waals surface area contributed by atoms with Crippen LogP contribution in [0.1, 0.15) is 50.9 Å². The smallest absolute Gasteiger partial charge is 0.141 e. The van der Waals surface area contributed by atoms with E-state index in [1.165, 1.54) is 38.4 Å². The van der Waals surface area contributed by atoms with E-state index in [4.69, 9.17) is 5.73 Å². The van der Waals surface area contributed by atoms with Crippen molar-refractivity contribution in [2.24, 2.45) is 17.6 Å². The Morgan fingerprint density at radius 2 is 2.47 bits per heavy atom. The molecule has 2 rings (SSSR count). The van der Waals surface area contributed by atoms with Gasteiger partial charge in [0.2, 0.25) is 0 Å². The quantitative estimate of drug-likeness (QED) is 0.798. The molecule has 1 aromatic heterocycles. The predicted octanol–water partition coefficient (Wildman–Crippen LogP) is 2.02. The number of hydrogen-bond acceptors (Lipinski definition) is 3. The summed E-state index contributed by atoms with van der Waals surface area (Å²) in [5.41, 5.74) is 6.20. The molecule has 1 aromatic rings. The van der Waals surface area contributed by atoms with Gasteiger partial charge in [0.1, 0.15) is 12.2 Å². The first-order chi connectivity index (χ1) is 7.31. The molecule has 0 aromatic carbocycles. The van der Waals surface area contributed by atoms with Gasteiger partial charge in [-0.25, -0.2) is 4.98 Å². The van der Waals surface area contributed by atoms with E-state index in [0.717, 1.165) is 11.7 Å². The first-order valence-corrected chi connectivity index (χ1v) is 5.92. The summed E-state index contributed by atoms with van der Waals surface area (Å²) in [6.45, 7) is 2.27. The molecule has 0 amide bonds. The molecule has 0 saturated heterocycles. The van der Waals surface area contributed by atoms with Crippen LogP contribution < -0.4 is 5.73 Å². The highest BCUT2D eigenvalue weighted by atomic mass is 15.2. The molecule has 3 atom stereocenters. The minimum Gasteiger partial charge on any atom is -0.321 e. The molecule has 4 nitrogen and oxygen atoms in total. The maximum absolute atomic E-state index is 6.20. The van der Waals surface area contributed by atoms with Gasteiger partial charge in [-0.3, -0.25) is 5.10 Å². The average molecular weight is 208 g/mol. The number of rotatable bonds is 3. The second kappa shape index (κ2) is 4.75. The van der Waals surface area contributed by atoms with Crippen molar-refractivity contribution >= 4 is 0 Å². The van der Waals surface area contributed by atoms with Crippen molar-refractivity contribution in [1.29, 1.82) is 0 Å². The summed E-state index contributed by atoms with van der Waals surface area (Å²) in [4.78, 5) is 4.15. The molecule has 0 bridgehead atoms. The first kappa shape index (κ1) is 10.6. The number of nitrogens with zero attached hydrogens (tertiary/aromatic N) is 2. The van der Waals surface area contributed by atoms with Crippen molar-refractivity contribution in [2.75, 3.05) is 0 Å². The van der Waals surface area contributed by atoms with E-state index < -0.39 is 0 Å². The molecule has 3 N–H and O–H groups in total. The standard InChI is InChI=1S/C11H20N4/c1-2-8-4-3-5-9(6-8)10(12)11-13-7-14-15-11/h7-10H,2-6,12H2,1H3,(H,13,14,15). The molecule has 84 valence electrons. The lowest BCUT2D eigenvalue weighted by Crippen LogP contribution is -2.27. The third kappa shape index (κ3) is 2.37. The molecule has 0 aliphatic heterocycles. The zero-order valence-electron chi connectivity index (χ0n) is 9.32. The summed E-state index contributed by atoms with van der Waals surface area (Å²) >= 11 is 0. The minimum atomic E-state index is 0.0434. The Balaban J connectivity index is 1.98. The monoisotopic (exact) mass is 208 g/mol. The Morgan fingerprint density at radius 1 is 1.60 bits per heavy atom. The summed E-state index contributed by atoms with van der Waals surface area (Å²) in [6.07, 6.45) is 7.98. The van der Waals surface area contributed by atoms with Crippen molar-refractivity contribution in [3.8, 4) is 0 Å². The van der Waals surface area contributed by atoms with Crippen LogP contribution in [0, 0.1) is 11.8 Å². The van der Waals surface area contributed by atoms with Gasteiger partial charge in [-0.15, -0.1) is 0 Å². The number of H-pyrrole nitrogens is 1. The zero-order valence-corrected chi connectivity index (χ0v) is 9.32. The summed E-state index contributed by atoms with van der Waals surface area (Å²) in [5.74, 6) is 2.28. The predicted molar refractivity (Wildman–Crippen MR) is 59.1 cm³/mol. The second-order valence-corrected chi connectivity index (χ2v) is 4.60. The van der Waals surface area contributed by atoms with E-state index in [9.17, 15) is 0 Å². The van der Waals surface area contributed by atoms with Crippen LogP contribution >= 0.6 is 0 Å². The molecular formula is C11H20N4. The summed E-state index contributed by atoms with van der Waals surface area (Å²) < 4.78 is 0. The Labute approximate surface area is 90.7 Å². The fourth-order valence-corrected chi connectivity index (χ4v) is 2.63. The highest BCUT2D eigenvalue weighted by Gasteiger charge is 2.27. The fraction of sp³-hybridized carbons (Fsp3) is 0.818. The molecule has 3 unspecified atom stereocenters. The Bertz CT molecular complexity index is 283. The SMILES string of the molecule is CCC1CCCC(C(N)c2ncn[nH]2)C1. The lowest BCUT2D eigenvalue weighted by Gasteiger charge is -2.31. The topological polar surface area (TPSA) is 67.6 Å². The minimum absolute atomic E-state index is 0.0434. The highest BCUT2D eigenvalue weighted by Crippen LogP contribution is 2.36. The molecule has 1 aliphatic rings. The van der Waals surface area contributed by atoms with Crippen LogP contribution in [0.3, 0.4) is 0 Å². The van der Waals surface area contributed by atoms with Gasteiger partial charge in [0, 0.05) is 0 Å². The third-order valence-corrected chi connectivity index (χ3v) is 3.66. The van der Waals surface area contributed by atoms with E-state index in [-0.39, 0.29) is 6.04 Å². The van der Waals surface area contributed by atoms with Crippen molar-refractivity contribution in [1.82, 2.24) is 15.2 Å². The maximum Gasteiger partial charge on any atom is 0.141 e. The van der Waals surface area contributed by atoms with Crippen molar-refractivity contribution in [3.05, 3.63) is 12.2 Å². The number of nitrogens with one attached hydrogen (secondary N) is 1. The van der Waals surface area contributed by atoms with E-state index >= 15 is 0 Å². The van der Waals surface area contributed by atoms with Crippen LogP contribution in [0.15, 0.2) is 6.33 Å². The number of nitrogens with two attached hydrogens (primary N) is 1. The van der Waals surface area contributed by atoms with Gasteiger partial charge in [-0.05, 0) is 24.7 Å². The molecule has 1 saturated carbocycles. The van der Waals surface area contributed by atoms with Crippen LogP contribution in [0.5, 0.6) is 0 Å². The summed E-state index contributed by atoms with van der Waals surface area (Å²) in [5, 5.41) is 6.74.